The van der Waals surface area contributed by atoms with Crippen molar-refractivity contribution in [2.45, 2.75) is 26.3 Å². The molecule has 3 rings (SSSR count). The van der Waals surface area contributed by atoms with Gasteiger partial charge in [0.1, 0.15) is 0 Å². The van der Waals surface area contributed by atoms with E-state index in [0.717, 1.165) is 43.1 Å². The zero-order valence-electron chi connectivity index (χ0n) is 15.2. The van der Waals surface area contributed by atoms with Crippen molar-refractivity contribution < 1.29 is 0 Å². The van der Waals surface area contributed by atoms with E-state index in [4.69, 9.17) is 0 Å². The Bertz CT molecular complexity index is 778. The average molecular weight is 462 g/mol. The van der Waals surface area contributed by atoms with Gasteiger partial charge in [0, 0.05) is 24.3 Å². The van der Waals surface area contributed by atoms with Gasteiger partial charge in [-0.15, -0.1) is 24.0 Å². The Morgan fingerprint density at radius 1 is 1.00 bits per heavy atom. The van der Waals surface area contributed by atoms with Crippen LogP contribution in [0.25, 0.3) is 10.9 Å². The van der Waals surface area contributed by atoms with Crippen molar-refractivity contribution >= 4 is 40.8 Å². The number of aromatic nitrogens is 1. The van der Waals surface area contributed by atoms with E-state index in [1.807, 2.05) is 6.07 Å². The molecule has 0 aliphatic carbocycles. The lowest BCUT2D eigenvalue weighted by atomic mass is 10.1. The van der Waals surface area contributed by atoms with Crippen LogP contribution in [-0.2, 0) is 13.0 Å². The normalized spacial score (nSPS) is 11.2. The van der Waals surface area contributed by atoms with Crippen molar-refractivity contribution in [1.82, 2.24) is 15.6 Å². The van der Waals surface area contributed by atoms with Gasteiger partial charge in [0.2, 0.25) is 0 Å². The second kappa shape index (κ2) is 10.9. The van der Waals surface area contributed by atoms with Gasteiger partial charge in [-0.2, -0.15) is 0 Å². The molecule has 0 aliphatic rings. The van der Waals surface area contributed by atoms with Gasteiger partial charge in [-0.1, -0.05) is 48.5 Å². The highest BCUT2D eigenvalue weighted by molar-refractivity contribution is 14.0. The molecule has 0 fully saturated rings. The number of rotatable bonds is 7. The highest BCUT2D eigenvalue weighted by atomic mass is 127. The molecule has 0 amide bonds. The van der Waals surface area contributed by atoms with Gasteiger partial charge in [0.25, 0.3) is 0 Å². The smallest absolute Gasteiger partial charge is 0.191 e. The number of aliphatic imine (C=N–C) groups is 1. The Kier molecular flexibility index (Phi) is 8.47. The summed E-state index contributed by atoms with van der Waals surface area (Å²) in [6, 6.07) is 21.1. The summed E-state index contributed by atoms with van der Waals surface area (Å²) in [5.41, 5.74) is 3.67. The molecule has 1 aromatic heterocycles. The fourth-order valence-corrected chi connectivity index (χ4v) is 2.87. The summed E-state index contributed by atoms with van der Waals surface area (Å²) in [4.78, 5) is 8.11. The highest BCUT2D eigenvalue weighted by Crippen LogP contribution is 2.15. The van der Waals surface area contributed by atoms with E-state index in [2.05, 4.69) is 82.1 Å². The van der Waals surface area contributed by atoms with Gasteiger partial charge in [-0.05, 0) is 42.8 Å². The molecule has 2 aromatic carbocycles. The number of nitrogens with zero attached hydrogens (tertiary/aromatic N) is 1. The molecule has 0 aliphatic heterocycles. The van der Waals surface area contributed by atoms with E-state index < -0.39 is 0 Å². The third kappa shape index (κ3) is 6.05. The van der Waals surface area contributed by atoms with Gasteiger partial charge in [0.15, 0.2) is 5.96 Å². The Balaban J connectivity index is 0.00000243. The molecule has 5 heteroatoms. The number of aryl methyl sites for hydroxylation is 1. The Labute approximate surface area is 172 Å². The highest BCUT2D eigenvalue weighted by Gasteiger charge is 2.01. The van der Waals surface area contributed by atoms with Crippen LogP contribution in [0.4, 0.5) is 0 Å². The molecule has 0 bridgehead atoms. The lowest BCUT2D eigenvalue weighted by molar-refractivity contribution is 0.743. The molecular weight excluding hydrogens is 435 g/mol. The van der Waals surface area contributed by atoms with Crippen molar-refractivity contribution in [2.24, 2.45) is 4.99 Å². The van der Waals surface area contributed by atoms with Crippen LogP contribution in [0.1, 0.15) is 24.6 Å². The summed E-state index contributed by atoms with van der Waals surface area (Å²) in [7, 11) is 0. The quantitative estimate of drug-likeness (QED) is 0.210. The van der Waals surface area contributed by atoms with Crippen LogP contribution in [0.15, 0.2) is 65.7 Å². The molecule has 4 nitrogen and oxygen atoms in total. The van der Waals surface area contributed by atoms with E-state index in [0.29, 0.717) is 6.54 Å². The fourth-order valence-electron chi connectivity index (χ4n) is 2.87. The topological polar surface area (TPSA) is 52.2 Å². The SMILES string of the molecule is CCNC(=NCc1cc2ccccc2[nH]1)NCCCc1ccccc1.I. The summed E-state index contributed by atoms with van der Waals surface area (Å²) in [6.45, 7) is 4.50. The number of aromatic amines is 1. The number of hydrogen-bond acceptors (Lipinski definition) is 1. The zero-order chi connectivity index (χ0) is 17.3. The molecule has 26 heavy (non-hydrogen) atoms. The number of benzene rings is 2. The summed E-state index contributed by atoms with van der Waals surface area (Å²) >= 11 is 0. The number of nitrogens with one attached hydrogen (secondary N) is 3. The van der Waals surface area contributed by atoms with Gasteiger partial charge in [-0.25, -0.2) is 4.99 Å². The lowest BCUT2D eigenvalue weighted by Gasteiger charge is -2.11. The minimum Gasteiger partial charge on any atom is -0.357 e. The van der Waals surface area contributed by atoms with Crippen LogP contribution in [0, 0.1) is 0 Å². The van der Waals surface area contributed by atoms with Crippen molar-refractivity contribution in [2.75, 3.05) is 13.1 Å². The predicted molar refractivity (Wildman–Crippen MR) is 121 cm³/mol. The predicted octanol–water partition coefficient (Wildman–Crippen LogP) is 4.47. The van der Waals surface area contributed by atoms with Crippen LogP contribution >= 0.6 is 24.0 Å². The van der Waals surface area contributed by atoms with E-state index in [1.54, 1.807) is 0 Å². The second-order valence-electron chi connectivity index (χ2n) is 6.09. The second-order valence-corrected chi connectivity index (χ2v) is 6.09. The molecule has 0 saturated heterocycles. The number of para-hydroxylation sites is 1. The van der Waals surface area contributed by atoms with Crippen molar-refractivity contribution in [3.05, 3.63) is 71.9 Å². The molecular formula is C21H27IN4. The maximum absolute atomic E-state index is 4.69. The lowest BCUT2D eigenvalue weighted by Crippen LogP contribution is -2.37. The van der Waals surface area contributed by atoms with Gasteiger partial charge >= 0.3 is 0 Å². The summed E-state index contributed by atoms with van der Waals surface area (Å²) in [5.74, 6) is 0.870. The zero-order valence-corrected chi connectivity index (χ0v) is 17.5. The van der Waals surface area contributed by atoms with Crippen LogP contribution in [0.2, 0.25) is 0 Å². The first-order chi connectivity index (χ1) is 12.3. The van der Waals surface area contributed by atoms with Gasteiger partial charge in [-0.3, -0.25) is 0 Å². The van der Waals surface area contributed by atoms with Crippen molar-refractivity contribution in [1.29, 1.82) is 0 Å². The third-order valence-corrected chi connectivity index (χ3v) is 4.11. The molecule has 0 unspecified atom stereocenters. The van der Waals surface area contributed by atoms with E-state index in [9.17, 15) is 0 Å². The monoisotopic (exact) mass is 462 g/mol. The maximum atomic E-state index is 4.69. The number of fused-ring (bicyclic) bond motifs is 1. The first kappa shape index (κ1) is 20.3. The molecule has 3 aromatic rings. The summed E-state index contributed by atoms with van der Waals surface area (Å²) in [5, 5.41) is 7.96. The minimum absolute atomic E-state index is 0. The number of halogens is 1. The molecule has 3 N–H and O–H groups in total. The number of H-pyrrole nitrogens is 1. The molecule has 0 radical (unpaired) electrons. The van der Waals surface area contributed by atoms with Gasteiger partial charge < -0.3 is 15.6 Å². The van der Waals surface area contributed by atoms with Crippen LogP contribution in [0.3, 0.4) is 0 Å². The van der Waals surface area contributed by atoms with Crippen LogP contribution in [-0.4, -0.2) is 24.0 Å². The van der Waals surface area contributed by atoms with Gasteiger partial charge in [0.05, 0.1) is 6.54 Å². The molecule has 138 valence electrons. The fraction of sp³-hybridized carbons (Fsp3) is 0.286. The largest absolute Gasteiger partial charge is 0.357 e. The first-order valence-corrected chi connectivity index (χ1v) is 8.98. The van der Waals surface area contributed by atoms with Crippen LogP contribution < -0.4 is 10.6 Å². The summed E-state index contributed by atoms with van der Waals surface area (Å²) < 4.78 is 0. The Hall–Kier alpha value is -2.02. The molecule has 0 saturated carbocycles. The Morgan fingerprint density at radius 2 is 1.77 bits per heavy atom. The number of hydrogen-bond donors (Lipinski definition) is 3. The number of guanidine groups is 1. The average Bonchev–Trinajstić information content (AvgIpc) is 3.07. The van der Waals surface area contributed by atoms with E-state index >= 15 is 0 Å². The minimum atomic E-state index is 0. The molecule has 0 atom stereocenters. The van der Waals surface area contributed by atoms with Crippen molar-refractivity contribution in [3.63, 3.8) is 0 Å². The summed E-state index contributed by atoms with van der Waals surface area (Å²) in [6.07, 6.45) is 2.16. The molecule has 0 spiro atoms. The Morgan fingerprint density at radius 3 is 2.54 bits per heavy atom. The first-order valence-electron chi connectivity index (χ1n) is 8.98. The van der Waals surface area contributed by atoms with Crippen molar-refractivity contribution in [3.8, 4) is 0 Å². The standard InChI is InChI=1S/C21H26N4.HI/c1-2-22-21(23-14-8-11-17-9-4-3-5-10-17)24-16-19-15-18-12-6-7-13-20(18)25-19;/h3-7,9-10,12-13,15,25H,2,8,11,14,16H2,1H3,(H2,22,23,24);1H. The maximum Gasteiger partial charge on any atom is 0.191 e. The van der Waals surface area contributed by atoms with Crippen LogP contribution in [0.5, 0.6) is 0 Å². The van der Waals surface area contributed by atoms with E-state index in [1.165, 1.54) is 10.9 Å². The third-order valence-electron chi connectivity index (χ3n) is 4.11. The van der Waals surface area contributed by atoms with E-state index in [-0.39, 0.29) is 24.0 Å². The molecule has 1 heterocycles.